The minimum atomic E-state index is -3.28. The lowest BCUT2D eigenvalue weighted by atomic mass is 10.1. The number of hydrogen-bond donors (Lipinski definition) is 1. The van der Waals surface area contributed by atoms with Gasteiger partial charge in [0.05, 0.1) is 11.9 Å². The summed E-state index contributed by atoms with van der Waals surface area (Å²) >= 11 is 0. The Kier molecular flexibility index (Phi) is 5.47. The number of sulfonamides is 1. The highest BCUT2D eigenvalue weighted by atomic mass is 32.2. The summed E-state index contributed by atoms with van der Waals surface area (Å²) in [4.78, 5) is 0. The summed E-state index contributed by atoms with van der Waals surface area (Å²) in [6, 6.07) is 5.95. The van der Waals surface area contributed by atoms with Crippen LogP contribution in [0.4, 0.5) is 0 Å². The average molecular weight is 327 g/mol. The third kappa shape index (κ3) is 3.80. The summed E-state index contributed by atoms with van der Waals surface area (Å²) in [5.74, 6) is 0.833. The Balaban J connectivity index is 1.90. The van der Waals surface area contributed by atoms with Gasteiger partial charge < -0.3 is 9.47 Å². The van der Waals surface area contributed by atoms with Crippen molar-refractivity contribution in [3.8, 4) is 5.75 Å². The van der Waals surface area contributed by atoms with Gasteiger partial charge in [-0.1, -0.05) is 12.1 Å². The first-order valence-corrected chi connectivity index (χ1v) is 9.04. The molecule has 124 valence electrons. The van der Waals surface area contributed by atoms with E-state index in [1.165, 1.54) is 0 Å². The molecule has 1 aliphatic rings. The van der Waals surface area contributed by atoms with Crippen LogP contribution in [0.25, 0.3) is 0 Å². The van der Waals surface area contributed by atoms with Gasteiger partial charge in [-0.25, -0.2) is 13.1 Å². The van der Waals surface area contributed by atoms with Gasteiger partial charge in [0.25, 0.3) is 0 Å². The molecule has 0 radical (unpaired) electrons. The predicted molar refractivity (Wildman–Crippen MR) is 86.8 cm³/mol. The Morgan fingerprint density at radius 1 is 1.27 bits per heavy atom. The summed E-state index contributed by atoms with van der Waals surface area (Å²) in [5.41, 5.74) is 2.13. The van der Waals surface area contributed by atoms with E-state index in [1.807, 2.05) is 25.1 Å². The molecule has 0 unspecified atom stereocenters. The average Bonchev–Trinajstić information content (AvgIpc) is 3.28. The number of ether oxygens (including phenoxy) is 2. The van der Waals surface area contributed by atoms with E-state index in [1.54, 1.807) is 14.2 Å². The van der Waals surface area contributed by atoms with Crippen LogP contribution in [0.2, 0.25) is 0 Å². The van der Waals surface area contributed by atoms with Gasteiger partial charge in [0.15, 0.2) is 0 Å². The Morgan fingerprint density at radius 2 is 2.00 bits per heavy atom. The van der Waals surface area contributed by atoms with Crippen LogP contribution in [0.5, 0.6) is 5.75 Å². The van der Waals surface area contributed by atoms with E-state index in [4.69, 9.17) is 9.47 Å². The molecule has 0 spiro atoms. The van der Waals surface area contributed by atoms with E-state index in [0.717, 1.165) is 29.7 Å². The van der Waals surface area contributed by atoms with Gasteiger partial charge >= 0.3 is 0 Å². The van der Waals surface area contributed by atoms with E-state index < -0.39 is 14.8 Å². The molecular formula is C16H25NO4S. The first kappa shape index (κ1) is 17.2. The molecule has 0 atom stereocenters. The van der Waals surface area contributed by atoms with Crippen molar-refractivity contribution in [3.63, 3.8) is 0 Å². The topological polar surface area (TPSA) is 64.6 Å². The maximum atomic E-state index is 12.4. The zero-order valence-corrected chi connectivity index (χ0v) is 14.3. The molecule has 0 aliphatic heterocycles. The van der Waals surface area contributed by atoms with E-state index in [-0.39, 0.29) is 0 Å². The van der Waals surface area contributed by atoms with Crippen LogP contribution in [-0.4, -0.2) is 40.5 Å². The molecule has 1 fully saturated rings. The summed E-state index contributed by atoms with van der Waals surface area (Å²) in [6.07, 6.45) is 2.67. The lowest BCUT2D eigenvalue weighted by Crippen LogP contribution is -2.37. The van der Waals surface area contributed by atoms with Crippen molar-refractivity contribution in [2.45, 2.75) is 37.4 Å². The second kappa shape index (κ2) is 6.98. The summed E-state index contributed by atoms with van der Waals surface area (Å²) in [5, 5.41) is 0. The molecule has 0 aromatic heterocycles. The van der Waals surface area contributed by atoms with Gasteiger partial charge in [-0.2, -0.15) is 0 Å². The molecule has 2 rings (SSSR count). The number of benzene rings is 1. The van der Waals surface area contributed by atoms with Crippen molar-refractivity contribution in [2.24, 2.45) is 0 Å². The second-order valence-corrected chi connectivity index (χ2v) is 8.04. The lowest BCUT2D eigenvalue weighted by Gasteiger charge is -2.16. The number of aryl methyl sites for hydroxylation is 1. The number of rotatable bonds is 9. The summed E-state index contributed by atoms with van der Waals surface area (Å²) in [7, 11) is -0.0377. The van der Waals surface area contributed by atoms with E-state index in [2.05, 4.69) is 4.72 Å². The number of methoxy groups -OCH3 is 2. The van der Waals surface area contributed by atoms with Crippen LogP contribution in [0.15, 0.2) is 18.2 Å². The highest BCUT2D eigenvalue weighted by molar-refractivity contribution is 7.91. The molecule has 1 N–H and O–H groups in total. The van der Waals surface area contributed by atoms with Gasteiger partial charge in [0.2, 0.25) is 10.0 Å². The molecule has 0 heterocycles. The molecule has 1 aromatic carbocycles. The molecule has 22 heavy (non-hydrogen) atoms. The van der Waals surface area contributed by atoms with Crippen LogP contribution in [0.1, 0.15) is 30.4 Å². The van der Waals surface area contributed by atoms with Gasteiger partial charge in [-0.15, -0.1) is 0 Å². The predicted octanol–water partition coefficient (Wildman–Crippen LogP) is 2.03. The molecular weight excluding hydrogens is 302 g/mol. The smallest absolute Gasteiger partial charge is 0.217 e. The largest absolute Gasteiger partial charge is 0.496 e. The van der Waals surface area contributed by atoms with Gasteiger partial charge in [0, 0.05) is 20.3 Å². The van der Waals surface area contributed by atoms with Gasteiger partial charge in [-0.05, 0) is 49.8 Å². The summed E-state index contributed by atoms with van der Waals surface area (Å²) < 4.78 is 37.2. The van der Waals surface area contributed by atoms with Gasteiger partial charge in [0.1, 0.15) is 5.75 Å². The quantitative estimate of drug-likeness (QED) is 0.754. The molecule has 0 amide bonds. The monoisotopic (exact) mass is 327 g/mol. The lowest BCUT2D eigenvalue weighted by molar-refractivity contribution is 0.191. The first-order valence-electron chi connectivity index (χ1n) is 7.56. The Morgan fingerprint density at radius 3 is 2.59 bits per heavy atom. The van der Waals surface area contributed by atoms with Crippen molar-refractivity contribution in [1.82, 2.24) is 4.72 Å². The number of hydrogen-bond acceptors (Lipinski definition) is 4. The highest BCUT2D eigenvalue weighted by Crippen LogP contribution is 2.45. The Hall–Kier alpha value is -1.11. The van der Waals surface area contributed by atoms with Crippen molar-refractivity contribution in [1.29, 1.82) is 0 Å². The normalized spacial score (nSPS) is 16.5. The van der Waals surface area contributed by atoms with E-state index in [0.29, 0.717) is 26.0 Å². The van der Waals surface area contributed by atoms with Crippen LogP contribution in [-0.2, 0) is 21.2 Å². The fourth-order valence-corrected chi connectivity index (χ4v) is 4.25. The molecule has 0 bridgehead atoms. The van der Waals surface area contributed by atoms with Crippen LogP contribution in [0, 0.1) is 6.92 Å². The van der Waals surface area contributed by atoms with Crippen LogP contribution >= 0.6 is 0 Å². The standard InChI is InChI=1S/C16H25NO4S/c1-13-4-5-14(12-15(13)21-3)6-10-17-22(18,19)16(7-8-16)9-11-20-2/h4-5,12,17H,6-11H2,1-3H3. The molecule has 1 aliphatic carbocycles. The first-order chi connectivity index (χ1) is 10.4. The minimum absolute atomic E-state index is 0.406. The molecule has 1 saturated carbocycles. The van der Waals surface area contributed by atoms with E-state index >= 15 is 0 Å². The van der Waals surface area contributed by atoms with Crippen molar-refractivity contribution in [3.05, 3.63) is 29.3 Å². The van der Waals surface area contributed by atoms with Crippen LogP contribution < -0.4 is 9.46 Å². The molecule has 6 heteroatoms. The summed E-state index contributed by atoms with van der Waals surface area (Å²) in [6.45, 7) is 2.87. The maximum Gasteiger partial charge on any atom is 0.217 e. The third-order valence-electron chi connectivity index (χ3n) is 4.32. The van der Waals surface area contributed by atoms with Gasteiger partial charge in [-0.3, -0.25) is 0 Å². The SMILES string of the molecule is COCCC1(S(=O)(=O)NCCc2ccc(C)c(OC)c2)CC1. The van der Waals surface area contributed by atoms with Crippen molar-refractivity contribution >= 4 is 10.0 Å². The molecule has 5 nitrogen and oxygen atoms in total. The third-order valence-corrected chi connectivity index (χ3v) is 6.65. The van der Waals surface area contributed by atoms with E-state index in [9.17, 15) is 8.42 Å². The number of nitrogens with one attached hydrogen (secondary N) is 1. The van der Waals surface area contributed by atoms with Crippen molar-refractivity contribution < 1.29 is 17.9 Å². The Bertz CT molecular complexity index is 609. The molecule has 0 saturated heterocycles. The van der Waals surface area contributed by atoms with Crippen molar-refractivity contribution in [2.75, 3.05) is 27.4 Å². The highest BCUT2D eigenvalue weighted by Gasteiger charge is 2.53. The minimum Gasteiger partial charge on any atom is -0.496 e. The Labute approximate surface area is 133 Å². The zero-order valence-electron chi connectivity index (χ0n) is 13.5. The fourth-order valence-electron chi connectivity index (χ4n) is 2.58. The maximum absolute atomic E-state index is 12.4. The van der Waals surface area contributed by atoms with Crippen LogP contribution in [0.3, 0.4) is 0 Å². The zero-order chi connectivity index (χ0) is 16.2. The fraction of sp³-hybridized carbons (Fsp3) is 0.625. The second-order valence-electron chi connectivity index (χ2n) is 5.88. The molecule has 1 aromatic rings.